The lowest BCUT2D eigenvalue weighted by Crippen LogP contribution is -2.45. The molecule has 0 aromatic heterocycles. The summed E-state index contributed by atoms with van der Waals surface area (Å²) in [6.07, 6.45) is 1.69. The smallest absolute Gasteiger partial charge is 0.305 e. The lowest BCUT2D eigenvalue weighted by atomic mass is 9.63. The Morgan fingerprint density at radius 2 is 1.38 bits per heavy atom. The molecule has 0 bridgehead atoms. The molecule has 1 N–H and O–H groups in total. The molecule has 1 aliphatic heterocycles. The molecule has 0 saturated heterocycles. The second kappa shape index (κ2) is 11.4. The first-order valence-corrected chi connectivity index (χ1v) is 15.2. The van der Waals surface area contributed by atoms with E-state index in [9.17, 15) is 19.5 Å². The van der Waals surface area contributed by atoms with Gasteiger partial charge >= 0.3 is 5.97 Å². The highest BCUT2D eigenvalue weighted by molar-refractivity contribution is 6.37. The maximum atomic E-state index is 13.9. The minimum Gasteiger partial charge on any atom is -0.486 e. The van der Waals surface area contributed by atoms with E-state index in [0.29, 0.717) is 53.2 Å². The number of carbonyl (C=O) groups is 3. The number of ether oxygens (including phenoxy) is 1. The van der Waals surface area contributed by atoms with E-state index < -0.39 is 11.9 Å². The minimum absolute atomic E-state index is 0.0499. The van der Waals surface area contributed by atoms with Gasteiger partial charge in [0.15, 0.2) is 17.3 Å². The number of Topliss-reactive ketones (excluding diaryl/α,β-unsaturated/α-hetero) is 2. The number of carboxylic acids is 1. The van der Waals surface area contributed by atoms with Crippen LogP contribution in [0.3, 0.4) is 0 Å². The number of aliphatic carboxylic acids is 1. The van der Waals surface area contributed by atoms with Crippen LogP contribution in [-0.4, -0.2) is 34.1 Å². The van der Waals surface area contributed by atoms with E-state index in [4.69, 9.17) is 39.5 Å². The van der Waals surface area contributed by atoms with E-state index in [1.54, 1.807) is 24.3 Å². The van der Waals surface area contributed by atoms with E-state index in [0.717, 1.165) is 17.0 Å². The number of halogens is 3. The maximum absolute atomic E-state index is 13.9. The van der Waals surface area contributed by atoms with Gasteiger partial charge in [0.2, 0.25) is 0 Å². The van der Waals surface area contributed by atoms with E-state index in [1.165, 1.54) is 0 Å². The third-order valence-corrected chi connectivity index (χ3v) is 9.03. The second-order valence-electron chi connectivity index (χ2n) is 13.1. The quantitative estimate of drug-likeness (QED) is 0.331. The van der Waals surface area contributed by atoms with E-state index in [2.05, 4.69) is 0 Å². The summed E-state index contributed by atoms with van der Waals surface area (Å²) in [6.45, 7) is 8.58. The molecule has 0 fully saturated rings. The Morgan fingerprint density at radius 1 is 0.881 bits per heavy atom. The van der Waals surface area contributed by atoms with Crippen LogP contribution in [0, 0.1) is 10.8 Å². The zero-order chi connectivity index (χ0) is 30.6. The molecule has 9 heteroatoms. The SMILES string of the molecule is CC1(C)CC(=O)C2=C(C1)N(CCC(=O)O)C1=C(C(=O)CC(C)(C)C1)C2c1cc(Cl)c(OCc2ccc(Cl)cc2)c(Cl)c1. The fourth-order valence-electron chi connectivity index (χ4n) is 6.48. The zero-order valence-corrected chi connectivity index (χ0v) is 26.4. The number of nitrogens with zero attached hydrogens (tertiary/aromatic N) is 1. The normalized spacial score (nSPS) is 20.0. The van der Waals surface area contributed by atoms with Crippen LogP contribution in [-0.2, 0) is 21.0 Å². The average Bonchev–Trinajstić information content (AvgIpc) is 2.86. The Labute approximate surface area is 261 Å². The maximum Gasteiger partial charge on any atom is 0.305 e. The van der Waals surface area contributed by atoms with Crippen molar-refractivity contribution in [2.24, 2.45) is 10.8 Å². The Bertz CT molecular complexity index is 1460. The number of rotatable bonds is 7. The number of benzene rings is 2. The van der Waals surface area contributed by atoms with Crippen molar-refractivity contribution in [3.05, 3.63) is 85.1 Å². The standard InChI is InChI=1S/C33H34Cl3NO5/c1-32(2)13-23-29(25(38)15-32)28(30-24(37(23)10-9-27(40)41)14-33(3,4)16-26(30)39)19-11-21(35)31(22(36)12-19)42-17-18-5-7-20(34)8-6-18/h5-8,11-12,28H,9-10,13-17H2,1-4H3,(H,40,41). The molecule has 222 valence electrons. The van der Waals surface area contributed by atoms with Crippen LogP contribution in [0.2, 0.25) is 15.1 Å². The fraction of sp³-hybridized carbons (Fsp3) is 0.424. The van der Waals surface area contributed by atoms with Crippen molar-refractivity contribution < 1.29 is 24.2 Å². The monoisotopic (exact) mass is 629 g/mol. The Balaban J connectivity index is 1.63. The summed E-state index contributed by atoms with van der Waals surface area (Å²) in [4.78, 5) is 41.4. The van der Waals surface area contributed by atoms with Crippen molar-refractivity contribution in [2.45, 2.75) is 72.3 Å². The van der Waals surface area contributed by atoms with Crippen molar-refractivity contribution >= 4 is 52.3 Å². The molecule has 42 heavy (non-hydrogen) atoms. The van der Waals surface area contributed by atoms with Crippen molar-refractivity contribution in [3.63, 3.8) is 0 Å². The summed E-state index contributed by atoms with van der Waals surface area (Å²) in [5.74, 6) is -1.37. The molecule has 2 aromatic carbocycles. The van der Waals surface area contributed by atoms with Gasteiger partial charge < -0.3 is 14.7 Å². The molecule has 0 atom stereocenters. The van der Waals surface area contributed by atoms with Crippen LogP contribution < -0.4 is 4.74 Å². The van der Waals surface area contributed by atoms with Crippen LogP contribution in [0.25, 0.3) is 0 Å². The number of hydrogen-bond acceptors (Lipinski definition) is 5. The van der Waals surface area contributed by atoms with Crippen LogP contribution in [0.15, 0.2) is 58.9 Å². The number of carboxylic acid groups (broad SMARTS) is 1. The van der Waals surface area contributed by atoms with Crippen molar-refractivity contribution in [1.29, 1.82) is 0 Å². The third-order valence-electron chi connectivity index (χ3n) is 8.22. The van der Waals surface area contributed by atoms with Crippen LogP contribution in [0.5, 0.6) is 5.75 Å². The number of allylic oxidation sites excluding steroid dienone is 4. The summed E-state index contributed by atoms with van der Waals surface area (Å²) >= 11 is 19.5. The zero-order valence-electron chi connectivity index (χ0n) is 24.2. The predicted octanol–water partition coefficient (Wildman–Crippen LogP) is 8.39. The van der Waals surface area contributed by atoms with Gasteiger partial charge in [-0.2, -0.15) is 0 Å². The van der Waals surface area contributed by atoms with Gasteiger partial charge in [-0.15, -0.1) is 0 Å². The first-order valence-electron chi connectivity index (χ1n) is 14.0. The highest BCUT2D eigenvalue weighted by Gasteiger charge is 2.49. The molecular formula is C33H34Cl3NO5. The van der Waals surface area contributed by atoms with Gasteiger partial charge in [0, 0.05) is 52.9 Å². The topological polar surface area (TPSA) is 83.9 Å². The molecule has 0 amide bonds. The molecule has 0 saturated carbocycles. The Morgan fingerprint density at radius 3 is 1.86 bits per heavy atom. The molecule has 3 aliphatic rings. The van der Waals surface area contributed by atoms with Crippen LogP contribution >= 0.6 is 34.8 Å². The van der Waals surface area contributed by atoms with Gasteiger partial charge in [0.1, 0.15) is 6.61 Å². The summed E-state index contributed by atoms with van der Waals surface area (Å²) in [7, 11) is 0. The molecule has 1 heterocycles. The van der Waals surface area contributed by atoms with Crippen molar-refractivity contribution in [1.82, 2.24) is 4.90 Å². The number of hydrogen-bond donors (Lipinski definition) is 1. The molecule has 6 nitrogen and oxygen atoms in total. The van der Waals surface area contributed by atoms with E-state index in [1.807, 2.05) is 44.7 Å². The van der Waals surface area contributed by atoms with Gasteiger partial charge in [-0.25, -0.2) is 0 Å². The highest BCUT2D eigenvalue weighted by Crippen LogP contribution is 2.55. The van der Waals surface area contributed by atoms with Crippen molar-refractivity contribution in [2.75, 3.05) is 6.54 Å². The van der Waals surface area contributed by atoms with E-state index in [-0.39, 0.29) is 52.0 Å². The van der Waals surface area contributed by atoms with Crippen molar-refractivity contribution in [3.8, 4) is 5.75 Å². The number of carbonyl (C=O) groups excluding carboxylic acids is 2. The summed E-state index contributed by atoms with van der Waals surface area (Å²) in [5.41, 5.74) is 3.56. The summed E-state index contributed by atoms with van der Waals surface area (Å²) in [5, 5.41) is 10.7. The molecule has 5 rings (SSSR count). The average molecular weight is 631 g/mol. The predicted molar refractivity (Wildman–Crippen MR) is 164 cm³/mol. The first-order chi connectivity index (χ1) is 19.7. The lowest BCUT2D eigenvalue weighted by molar-refractivity contribution is -0.137. The number of ketones is 2. The lowest BCUT2D eigenvalue weighted by Gasteiger charge is -2.49. The molecular weight excluding hydrogens is 597 g/mol. The van der Waals surface area contributed by atoms with Gasteiger partial charge in [0.05, 0.1) is 16.5 Å². The first kappa shape index (κ1) is 30.7. The van der Waals surface area contributed by atoms with Gasteiger partial charge in [0.25, 0.3) is 0 Å². The minimum atomic E-state index is -0.933. The van der Waals surface area contributed by atoms with Crippen LogP contribution in [0.1, 0.15) is 76.8 Å². The largest absolute Gasteiger partial charge is 0.486 e. The Hall–Kier alpha value is -2.80. The molecule has 0 unspecified atom stereocenters. The fourth-order valence-corrected chi connectivity index (χ4v) is 7.22. The molecule has 0 spiro atoms. The van der Waals surface area contributed by atoms with Crippen LogP contribution in [0.4, 0.5) is 0 Å². The highest BCUT2D eigenvalue weighted by atomic mass is 35.5. The molecule has 0 radical (unpaired) electrons. The molecule has 2 aromatic rings. The third kappa shape index (κ3) is 6.13. The van der Waals surface area contributed by atoms with Gasteiger partial charge in [-0.1, -0.05) is 74.6 Å². The van der Waals surface area contributed by atoms with E-state index >= 15 is 0 Å². The van der Waals surface area contributed by atoms with Gasteiger partial charge in [-0.05, 0) is 59.1 Å². The summed E-state index contributed by atoms with van der Waals surface area (Å²) < 4.78 is 5.99. The Kier molecular flexibility index (Phi) is 8.29. The summed E-state index contributed by atoms with van der Waals surface area (Å²) in [6, 6.07) is 10.7. The second-order valence-corrected chi connectivity index (χ2v) is 14.3. The van der Waals surface area contributed by atoms with Gasteiger partial charge in [-0.3, -0.25) is 14.4 Å². The molecule has 2 aliphatic carbocycles.